The molecule has 19 heteroatoms. The van der Waals surface area contributed by atoms with Gasteiger partial charge in [-0.25, -0.2) is 9.13 Å². The topological polar surface area (TPSA) is 237 Å². The maximum atomic E-state index is 13.1. The van der Waals surface area contributed by atoms with Crippen LogP contribution in [0.1, 0.15) is 336 Å². The summed E-state index contributed by atoms with van der Waals surface area (Å²) in [5, 5.41) is 10.6. The van der Waals surface area contributed by atoms with Gasteiger partial charge in [-0.05, 0) is 77.0 Å². The van der Waals surface area contributed by atoms with Gasteiger partial charge in [0.15, 0.2) is 12.2 Å². The standard InChI is InChI=1S/C79H140O17P2/c1-5-9-13-17-21-25-29-33-36-40-43-47-51-55-59-63-76(81)89-69-74(95-78(83)65-61-57-53-49-45-39-32-28-24-20-16-12-8-4)71-93-97(85,86)91-67-73(80)68-92-98(87,88)94-72-75(96-79(84)66-62-58-54-50-46-42-38-35-31-27-23-19-15-11-7-3)70-90-77(82)64-60-56-52-48-44-41-37-34-30-26-22-18-14-10-6-2/h9,13,16,20-21,25,28,32-33,36,43,47,55,59,73-75,80H,5-8,10-12,14-15,17-19,22-24,26-27,29-31,34-35,37-42,44-46,48-54,56-58,60-72H2,1-4H3,(H,85,86)(H,87,88)/b13-9-,20-16-,25-21-,32-28-,36-33-,47-43-,59-55-. The molecule has 98 heavy (non-hydrogen) atoms. The van der Waals surface area contributed by atoms with Crippen LogP contribution in [0.2, 0.25) is 0 Å². The van der Waals surface area contributed by atoms with Gasteiger partial charge in [-0.2, -0.15) is 0 Å². The van der Waals surface area contributed by atoms with Crippen LogP contribution in [0.5, 0.6) is 0 Å². The number of carbonyl (C=O) groups excluding carboxylic acids is 4. The number of phosphoric acid groups is 2. The minimum Gasteiger partial charge on any atom is -0.462 e. The van der Waals surface area contributed by atoms with Crippen molar-refractivity contribution in [2.45, 2.75) is 354 Å². The SMILES string of the molecule is CC/C=C\C/C=C\C/C=C\C/C=C\C/C=C\CC(=O)OCC(COP(=O)(O)OCC(O)COP(=O)(O)OCC(COC(=O)CCCCCCCCCCCCCCCCC)OC(=O)CCCCCCCCCCCCCCCCC)OC(=O)CCCCCCC/C=C\C/C=C\CCC. The molecule has 0 rings (SSSR count). The molecular weight excluding hydrogens is 1280 g/mol. The summed E-state index contributed by atoms with van der Waals surface area (Å²) in [6, 6.07) is 0. The average molecular weight is 1420 g/mol. The van der Waals surface area contributed by atoms with Gasteiger partial charge in [0.25, 0.3) is 0 Å². The first-order valence-corrected chi connectivity index (χ1v) is 41.8. The van der Waals surface area contributed by atoms with Gasteiger partial charge < -0.3 is 33.8 Å². The minimum atomic E-state index is -4.99. The van der Waals surface area contributed by atoms with Gasteiger partial charge in [-0.1, -0.05) is 318 Å². The van der Waals surface area contributed by atoms with Crippen molar-refractivity contribution >= 4 is 39.5 Å². The van der Waals surface area contributed by atoms with E-state index >= 15 is 0 Å². The molecule has 17 nitrogen and oxygen atoms in total. The molecule has 0 bridgehead atoms. The molecule has 5 unspecified atom stereocenters. The Morgan fingerprint density at radius 3 is 0.949 bits per heavy atom. The molecule has 0 spiro atoms. The first kappa shape index (κ1) is 94.2. The van der Waals surface area contributed by atoms with Crippen LogP contribution in [0.4, 0.5) is 0 Å². The minimum absolute atomic E-state index is 0.0604. The summed E-state index contributed by atoms with van der Waals surface area (Å²) in [4.78, 5) is 72.8. The smallest absolute Gasteiger partial charge is 0.462 e. The third kappa shape index (κ3) is 70.7. The summed E-state index contributed by atoms with van der Waals surface area (Å²) >= 11 is 0. The summed E-state index contributed by atoms with van der Waals surface area (Å²) in [6.45, 7) is 4.62. The van der Waals surface area contributed by atoms with E-state index in [2.05, 4.69) is 88.5 Å². The molecule has 0 radical (unpaired) electrons. The monoisotopic (exact) mass is 1420 g/mol. The van der Waals surface area contributed by atoms with Crippen LogP contribution >= 0.6 is 15.6 Å². The second-order valence-corrected chi connectivity index (χ2v) is 28.9. The highest BCUT2D eigenvalue weighted by Gasteiger charge is 2.30. The fourth-order valence-electron chi connectivity index (χ4n) is 10.5. The summed E-state index contributed by atoms with van der Waals surface area (Å²) in [6.07, 6.45) is 73.1. The maximum absolute atomic E-state index is 13.1. The zero-order chi connectivity index (χ0) is 71.8. The number of hydrogen-bond acceptors (Lipinski definition) is 15. The Kier molecular flexibility index (Phi) is 68.9. The molecule has 0 amide bonds. The molecule has 0 aliphatic carbocycles. The zero-order valence-corrected chi connectivity index (χ0v) is 63.7. The Bertz CT molecular complexity index is 2190. The van der Waals surface area contributed by atoms with Gasteiger partial charge in [0.05, 0.1) is 32.8 Å². The molecule has 0 aromatic heterocycles. The number of aliphatic hydroxyl groups excluding tert-OH is 1. The van der Waals surface area contributed by atoms with Gasteiger partial charge in [-0.3, -0.25) is 37.3 Å². The summed E-state index contributed by atoms with van der Waals surface area (Å²) < 4.78 is 68.4. The molecule has 5 atom stereocenters. The average Bonchev–Trinajstić information content (AvgIpc) is 0.959. The number of rotatable bonds is 73. The number of carbonyl (C=O) groups is 4. The molecule has 0 heterocycles. The van der Waals surface area contributed by atoms with E-state index in [0.717, 1.165) is 122 Å². The Hall–Kier alpha value is -3.76. The van der Waals surface area contributed by atoms with Crippen molar-refractivity contribution in [2.75, 3.05) is 39.6 Å². The molecule has 0 saturated carbocycles. The third-order valence-electron chi connectivity index (χ3n) is 16.4. The van der Waals surface area contributed by atoms with E-state index in [9.17, 15) is 43.2 Å². The highest BCUT2D eigenvalue weighted by molar-refractivity contribution is 7.47. The van der Waals surface area contributed by atoms with Crippen molar-refractivity contribution in [1.82, 2.24) is 0 Å². The summed E-state index contributed by atoms with van der Waals surface area (Å²) in [5.74, 6) is -2.31. The Morgan fingerprint density at radius 2 is 0.592 bits per heavy atom. The largest absolute Gasteiger partial charge is 0.472 e. The van der Waals surface area contributed by atoms with E-state index in [1.165, 1.54) is 135 Å². The van der Waals surface area contributed by atoms with Crippen LogP contribution in [0, 0.1) is 0 Å². The van der Waals surface area contributed by atoms with Crippen LogP contribution < -0.4 is 0 Å². The molecule has 0 aromatic carbocycles. The van der Waals surface area contributed by atoms with Crippen molar-refractivity contribution in [3.8, 4) is 0 Å². The quantitative estimate of drug-likeness (QED) is 0.0169. The third-order valence-corrected chi connectivity index (χ3v) is 18.3. The summed E-state index contributed by atoms with van der Waals surface area (Å²) in [7, 11) is -9.97. The molecule has 3 N–H and O–H groups in total. The van der Waals surface area contributed by atoms with Crippen molar-refractivity contribution in [3.05, 3.63) is 85.1 Å². The lowest BCUT2D eigenvalue weighted by Gasteiger charge is -2.21. The number of ether oxygens (including phenoxy) is 4. The van der Waals surface area contributed by atoms with Crippen LogP contribution in [0.25, 0.3) is 0 Å². The van der Waals surface area contributed by atoms with Gasteiger partial charge in [0, 0.05) is 19.3 Å². The number of aliphatic hydroxyl groups is 1. The number of esters is 4. The van der Waals surface area contributed by atoms with E-state index in [1.807, 2.05) is 18.2 Å². The highest BCUT2D eigenvalue weighted by Crippen LogP contribution is 2.45. The highest BCUT2D eigenvalue weighted by atomic mass is 31.2. The lowest BCUT2D eigenvalue weighted by Crippen LogP contribution is -2.30. The second kappa shape index (κ2) is 71.6. The molecule has 0 aliphatic rings. The van der Waals surface area contributed by atoms with Crippen LogP contribution in [-0.4, -0.2) is 96.7 Å². The molecule has 0 saturated heterocycles. The zero-order valence-electron chi connectivity index (χ0n) is 62.0. The second-order valence-electron chi connectivity index (χ2n) is 25.9. The van der Waals surface area contributed by atoms with Gasteiger partial charge in [0.2, 0.25) is 0 Å². The van der Waals surface area contributed by atoms with E-state index in [4.69, 9.17) is 37.0 Å². The van der Waals surface area contributed by atoms with Gasteiger partial charge >= 0.3 is 39.5 Å². The summed E-state index contributed by atoms with van der Waals surface area (Å²) in [5.41, 5.74) is 0. The number of phosphoric ester groups is 2. The first-order valence-electron chi connectivity index (χ1n) is 38.8. The Morgan fingerprint density at radius 1 is 0.306 bits per heavy atom. The Labute approximate surface area is 595 Å². The fourth-order valence-corrected chi connectivity index (χ4v) is 12.1. The molecule has 0 fully saturated rings. The van der Waals surface area contributed by atoms with E-state index in [0.29, 0.717) is 25.7 Å². The lowest BCUT2D eigenvalue weighted by molar-refractivity contribution is -0.161. The van der Waals surface area contributed by atoms with E-state index in [-0.39, 0.29) is 25.7 Å². The van der Waals surface area contributed by atoms with Gasteiger partial charge in [-0.15, -0.1) is 0 Å². The lowest BCUT2D eigenvalue weighted by atomic mass is 10.0. The normalized spacial score (nSPS) is 14.4. The van der Waals surface area contributed by atoms with Crippen molar-refractivity contribution in [2.24, 2.45) is 0 Å². The first-order chi connectivity index (χ1) is 47.7. The van der Waals surface area contributed by atoms with Crippen LogP contribution in [0.15, 0.2) is 85.1 Å². The van der Waals surface area contributed by atoms with Crippen molar-refractivity contribution < 1.29 is 80.2 Å². The molecule has 0 aromatic rings. The predicted octanol–water partition coefficient (Wildman–Crippen LogP) is 22.2. The molecular formula is C79H140O17P2. The fraction of sp³-hybridized carbons (Fsp3) is 0.772. The van der Waals surface area contributed by atoms with E-state index < -0.39 is 97.5 Å². The predicted molar refractivity (Wildman–Crippen MR) is 399 cm³/mol. The molecule has 0 aliphatic heterocycles. The number of hydrogen-bond donors (Lipinski definition) is 3. The van der Waals surface area contributed by atoms with Crippen molar-refractivity contribution in [1.29, 1.82) is 0 Å². The van der Waals surface area contributed by atoms with E-state index in [1.54, 1.807) is 6.08 Å². The van der Waals surface area contributed by atoms with Crippen molar-refractivity contribution in [3.63, 3.8) is 0 Å². The Balaban J connectivity index is 5.38. The van der Waals surface area contributed by atoms with Crippen LogP contribution in [0.3, 0.4) is 0 Å². The maximum Gasteiger partial charge on any atom is 0.472 e. The number of allylic oxidation sites excluding steroid dienone is 13. The number of unbranched alkanes of at least 4 members (excludes halogenated alkanes) is 34. The van der Waals surface area contributed by atoms with Gasteiger partial charge in [0.1, 0.15) is 19.3 Å². The molecule has 568 valence electrons. The van der Waals surface area contributed by atoms with Crippen LogP contribution in [-0.2, 0) is 65.4 Å².